The molecule has 2 rings (SSSR count). The minimum absolute atomic E-state index is 0.0817. The van der Waals surface area contributed by atoms with Gasteiger partial charge in [0.1, 0.15) is 0 Å². The molecule has 134 valence electrons. The van der Waals surface area contributed by atoms with Gasteiger partial charge in [0.2, 0.25) is 0 Å². The standard InChI is InChI=1S/C22H32F2/c1-2-3-4-5-6-7-8-18-9-13-20(14-10-18)21-15-11-19(12-16-21)17-22(23)24/h9-10,13-14,17,19,21H,2-8,11-12,15-16H2,1H3/t19-,21-. The number of hydrogen-bond donors (Lipinski definition) is 0. The molecular weight excluding hydrogens is 302 g/mol. The predicted molar refractivity (Wildman–Crippen MR) is 98.5 cm³/mol. The van der Waals surface area contributed by atoms with Gasteiger partial charge >= 0.3 is 0 Å². The third kappa shape index (κ3) is 6.75. The highest BCUT2D eigenvalue weighted by atomic mass is 19.3. The molecule has 1 aromatic carbocycles. The third-order valence-electron chi connectivity index (χ3n) is 5.40. The van der Waals surface area contributed by atoms with E-state index in [2.05, 4.69) is 31.2 Å². The molecular formula is C22H32F2. The molecule has 0 radical (unpaired) electrons. The Morgan fingerprint density at radius 2 is 1.54 bits per heavy atom. The van der Waals surface area contributed by atoms with E-state index in [0.29, 0.717) is 5.92 Å². The summed E-state index contributed by atoms with van der Waals surface area (Å²) in [6.45, 7) is 2.25. The summed E-state index contributed by atoms with van der Waals surface area (Å²) in [6, 6.07) is 9.08. The third-order valence-corrected chi connectivity index (χ3v) is 5.40. The van der Waals surface area contributed by atoms with Gasteiger partial charge in [-0.05, 0) is 67.6 Å². The summed E-state index contributed by atoms with van der Waals surface area (Å²) in [4.78, 5) is 0. The molecule has 1 aromatic rings. The Hall–Kier alpha value is -1.18. The Morgan fingerprint density at radius 3 is 2.17 bits per heavy atom. The summed E-state index contributed by atoms with van der Waals surface area (Å²) in [6.07, 6.45) is 12.7. The zero-order chi connectivity index (χ0) is 17.2. The predicted octanol–water partition coefficient (Wildman–Crippen LogP) is 7.64. The van der Waals surface area contributed by atoms with Crippen molar-refractivity contribution in [2.24, 2.45) is 5.92 Å². The number of aryl methyl sites for hydroxylation is 1. The Balaban J connectivity index is 1.71. The molecule has 0 N–H and O–H groups in total. The lowest BCUT2D eigenvalue weighted by atomic mass is 9.78. The number of hydrogen-bond acceptors (Lipinski definition) is 0. The van der Waals surface area contributed by atoms with Crippen LogP contribution >= 0.6 is 0 Å². The second kappa shape index (κ2) is 10.6. The Labute approximate surface area is 146 Å². The second-order valence-corrected chi connectivity index (χ2v) is 7.33. The smallest absolute Gasteiger partial charge is 0.174 e. The van der Waals surface area contributed by atoms with E-state index in [1.54, 1.807) is 0 Å². The van der Waals surface area contributed by atoms with E-state index in [9.17, 15) is 8.78 Å². The molecule has 0 aromatic heterocycles. The maximum atomic E-state index is 12.3. The van der Waals surface area contributed by atoms with Gasteiger partial charge in [-0.25, -0.2) is 0 Å². The van der Waals surface area contributed by atoms with Crippen molar-refractivity contribution in [2.45, 2.75) is 83.5 Å². The number of rotatable bonds is 9. The topological polar surface area (TPSA) is 0 Å². The molecule has 1 aliphatic rings. The van der Waals surface area contributed by atoms with Crippen molar-refractivity contribution in [1.82, 2.24) is 0 Å². The largest absolute Gasteiger partial charge is 0.266 e. The van der Waals surface area contributed by atoms with Crippen LogP contribution in [0.4, 0.5) is 8.78 Å². The fraction of sp³-hybridized carbons (Fsp3) is 0.636. The molecule has 1 saturated carbocycles. The van der Waals surface area contributed by atoms with Crippen LogP contribution in [-0.2, 0) is 6.42 Å². The van der Waals surface area contributed by atoms with E-state index in [4.69, 9.17) is 0 Å². The normalized spacial score (nSPS) is 20.8. The van der Waals surface area contributed by atoms with Crippen LogP contribution in [0.25, 0.3) is 0 Å². The van der Waals surface area contributed by atoms with E-state index < -0.39 is 6.08 Å². The van der Waals surface area contributed by atoms with Crippen molar-refractivity contribution in [3.05, 3.63) is 47.5 Å². The lowest BCUT2D eigenvalue weighted by molar-refractivity contribution is 0.351. The van der Waals surface area contributed by atoms with Crippen LogP contribution in [0.3, 0.4) is 0 Å². The molecule has 0 unspecified atom stereocenters. The van der Waals surface area contributed by atoms with Gasteiger partial charge in [0.25, 0.3) is 6.08 Å². The molecule has 0 amide bonds. The maximum absolute atomic E-state index is 12.3. The lowest BCUT2D eigenvalue weighted by Crippen LogP contribution is -2.11. The van der Waals surface area contributed by atoms with Gasteiger partial charge in [0.15, 0.2) is 0 Å². The monoisotopic (exact) mass is 334 g/mol. The van der Waals surface area contributed by atoms with Crippen molar-refractivity contribution in [1.29, 1.82) is 0 Å². The Morgan fingerprint density at radius 1 is 0.917 bits per heavy atom. The average Bonchev–Trinajstić information content (AvgIpc) is 2.59. The van der Waals surface area contributed by atoms with Crippen molar-refractivity contribution in [3.63, 3.8) is 0 Å². The van der Waals surface area contributed by atoms with E-state index in [1.165, 1.54) is 56.1 Å². The molecule has 1 aliphatic carbocycles. The summed E-state index contributed by atoms with van der Waals surface area (Å²) < 4.78 is 24.7. The molecule has 0 aliphatic heterocycles. The van der Waals surface area contributed by atoms with Gasteiger partial charge in [0.05, 0.1) is 0 Å². The molecule has 0 saturated heterocycles. The van der Waals surface area contributed by atoms with Crippen LogP contribution in [0.2, 0.25) is 0 Å². The number of allylic oxidation sites excluding steroid dienone is 1. The molecule has 0 bridgehead atoms. The number of halogens is 2. The lowest BCUT2D eigenvalue weighted by Gasteiger charge is -2.27. The van der Waals surface area contributed by atoms with E-state index in [0.717, 1.165) is 31.8 Å². The van der Waals surface area contributed by atoms with Crippen molar-refractivity contribution >= 4 is 0 Å². The highest BCUT2D eigenvalue weighted by Gasteiger charge is 2.21. The second-order valence-electron chi connectivity index (χ2n) is 7.33. The highest BCUT2D eigenvalue weighted by Crippen LogP contribution is 2.36. The summed E-state index contributed by atoms with van der Waals surface area (Å²) in [7, 11) is 0. The van der Waals surface area contributed by atoms with Gasteiger partial charge < -0.3 is 0 Å². The Bertz CT molecular complexity index is 477. The molecule has 0 nitrogen and oxygen atoms in total. The van der Waals surface area contributed by atoms with Crippen LogP contribution in [0, 0.1) is 5.92 Å². The Kier molecular flexibility index (Phi) is 8.49. The minimum atomic E-state index is -1.52. The van der Waals surface area contributed by atoms with Gasteiger partial charge in [-0.15, -0.1) is 0 Å². The van der Waals surface area contributed by atoms with Crippen LogP contribution in [-0.4, -0.2) is 0 Å². The SMILES string of the molecule is CCCCCCCCc1ccc([C@H]2CC[C@H](C=C(F)F)CC2)cc1. The van der Waals surface area contributed by atoms with Crippen LogP contribution in [0.1, 0.15) is 88.2 Å². The van der Waals surface area contributed by atoms with E-state index in [-0.39, 0.29) is 5.92 Å². The average molecular weight is 334 g/mol. The van der Waals surface area contributed by atoms with Crippen molar-refractivity contribution < 1.29 is 8.78 Å². The highest BCUT2D eigenvalue weighted by molar-refractivity contribution is 5.26. The first-order valence-electron chi connectivity index (χ1n) is 9.80. The number of benzene rings is 1. The molecule has 0 atom stereocenters. The molecule has 24 heavy (non-hydrogen) atoms. The zero-order valence-electron chi connectivity index (χ0n) is 15.1. The van der Waals surface area contributed by atoms with E-state index in [1.807, 2.05) is 0 Å². The number of unbranched alkanes of at least 4 members (excludes halogenated alkanes) is 5. The van der Waals surface area contributed by atoms with E-state index >= 15 is 0 Å². The van der Waals surface area contributed by atoms with Gasteiger partial charge in [-0.2, -0.15) is 8.78 Å². The quantitative estimate of drug-likeness (QED) is 0.407. The fourth-order valence-electron chi connectivity index (χ4n) is 3.86. The van der Waals surface area contributed by atoms with Gasteiger partial charge in [-0.1, -0.05) is 63.3 Å². The first kappa shape index (κ1) is 19.1. The van der Waals surface area contributed by atoms with Gasteiger partial charge in [0, 0.05) is 0 Å². The minimum Gasteiger partial charge on any atom is -0.174 e. The van der Waals surface area contributed by atoms with Crippen molar-refractivity contribution in [3.8, 4) is 0 Å². The molecule has 2 heteroatoms. The molecule has 0 spiro atoms. The summed E-state index contributed by atoms with van der Waals surface area (Å²) >= 11 is 0. The first-order valence-corrected chi connectivity index (χ1v) is 9.80. The zero-order valence-corrected chi connectivity index (χ0v) is 15.1. The maximum Gasteiger partial charge on any atom is 0.266 e. The fourth-order valence-corrected chi connectivity index (χ4v) is 3.86. The summed E-state index contributed by atoms with van der Waals surface area (Å²) in [5.74, 6) is 0.638. The van der Waals surface area contributed by atoms with Crippen LogP contribution < -0.4 is 0 Å². The first-order chi connectivity index (χ1) is 11.7. The van der Waals surface area contributed by atoms with Crippen LogP contribution in [0.15, 0.2) is 36.4 Å². The summed E-state index contributed by atoms with van der Waals surface area (Å²) in [5.41, 5.74) is 2.83. The molecule has 1 fully saturated rings. The van der Waals surface area contributed by atoms with Crippen molar-refractivity contribution in [2.75, 3.05) is 0 Å². The van der Waals surface area contributed by atoms with Gasteiger partial charge in [-0.3, -0.25) is 0 Å². The summed E-state index contributed by atoms with van der Waals surface area (Å²) in [5, 5.41) is 0. The van der Waals surface area contributed by atoms with Crippen LogP contribution in [0.5, 0.6) is 0 Å². The molecule has 0 heterocycles.